The number of rotatable bonds is 13. The lowest BCUT2D eigenvalue weighted by Crippen LogP contribution is -2.34. The molecule has 5 heterocycles. The average molecular weight is 826 g/mol. The quantitative estimate of drug-likeness (QED) is 0.0600. The van der Waals surface area contributed by atoms with Crippen LogP contribution in [-0.2, 0) is 48.1 Å². The lowest BCUT2D eigenvalue weighted by Gasteiger charge is -2.37. The zero-order valence-electron chi connectivity index (χ0n) is 26.8. The van der Waals surface area contributed by atoms with Gasteiger partial charge in [0.15, 0.2) is 17.4 Å². The van der Waals surface area contributed by atoms with Crippen LogP contribution in [0.15, 0.2) is 21.9 Å². The van der Waals surface area contributed by atoms with Gasteiger partial charge in [-0.25, -0.2) is 0 Å². The Balaban J connectivity index is 1.05. The molecule has 0 bridgehead atoms. The summed E-state index contributed by atoms with van der Waals surface area (Å²) in [5, 5.41) is 41.9. The van der Waals surface area contributed by atoms with E-state index in [1.54, 1.807) is 6.92 Å². The Bertz CT molecular complexity index is 2200. The lowest BCUT2D eigenvalue weighted by molar-refractivity contribution is -0.244. The Morgan fingerprint density at radius 2 is 1.55 bits per heavy atom. The van der Waals surface area contributed by atoms with Gasteiger partial charge in [-0.15, -0.1) is 4.98 Å². The van der Waals surface area contributed by atoms with E-state index in [2.05, 4.69) is 55.5 Å². The molecule has 0 spiro atoms. The summed E-state index contributed by atoms with van der Waals surface area (Å²) in [6.07, 6.45) is -6.53. The van der Waals surface area contributed by atoms with Crippen LogP contribution >= 0.6 is 22.4 Å². The fourth-order valence-electron chi connectivity index (χ4n) is 6.14. The fraction of sp³-hybridized carbons (Fsp3) is 0.520. The smallest absolute Gasteiger partial charge is 0.280 e. The molecule has 1 aliphatic carbocycles. The highest BCUT2D eigenvalue weighted by Gasteiger charge is 2.53. The van der Waals surface area contributed by atoms with Crippen LogP contribution in [0.4, 0.5) is 11.9 Å². The van der Waals surface area contributed by atoms with Gasteiger partial charge >= 0.3 is 0 Å². The molecule has 0 saturated carbocycles. The molecule has 3 aromatic rings. The first-order valence-corrected chi connectivity index (χ1v) is 20.7. The Labute approximate surface area is 301 Å². The molecule has 3 aromatic heterocycles. The predicted molar refractivity (Wildman–Crippen MR) is 174 cm³/mol. The van der Waals surface area contributed by atoms with E-state index in [0.29, 0.717) is 0 Å². The van der Waals surface area contributed by atoms with Crippen LogP contribution in [0.1, 0.15) is 30.3 Å². The van der Waals surface area contributed by atoms with Crippen molar-refractivity contribution in [3.8, 4) is 0 Å². The number of aliphatic hydroxyl groups is 4. The Morgan fingerprint density at radius 3 is 2.17 bits per heavy atom. The molecule has 3 aliphatic rings. The fourth-order valence-corrected chi connectivity index (χ4v) is 11.0. The molecule has 0 aromatic carbocycles. The van der Waals surface area contributed by atoms with Crippen molar-refractivity contribution in [1.29, 1.82) is 0 Å². The summed E-state index contributed by atoms with van der Waals surface area (Å²) in [5.41, 5.74) is 10.5. The largest absolute Gasteiger partial charge is 0.779 e. The number of nitrogens with zero attached hydrogens (tertiary/aromatic N) is 3. The molecule has 28 heteroatoms. The second-order valence-electron chi connectivity index (χ2n) is 12.0. The first-order valence-electron chi connectivity index (χ1n) is 15.2. The monoisotopic (exact) mass is 825 g/mol. The molecule has 2 saturated heterocycles. The van der Waals surface area contributed by atoms with Crippen molar-refractivity contribution in [2.75, 3.05) is 31.3 Å². The molecule has 2 fully saturated rings. The van der Waals surface area contributed by atoms with Crippen LogP contribution in [0.3, 0.4) is 0 Å². The number of allylic oxidation sites excluding steroid dienone is 1. The number of fused-ring (bicyclic) bond motifs is 2. The highest BCUT2D eigenvalue weighted by molar-refractivity contribution is 8.09. The zero-order valence-corrected chi connectivity index (χ0v) is 30.3. The van der Waals surface area contributed by atoms with Crippen LogP contribution in [-0.4, -0.2) is 101 Å². The van der Waals surface area contributed by atoms with Crippen molar-refractivity contribution in [1.82, 2.24) is 24.5 Å². The van der Waals surface area contributed by atoms with Crippen molar-refractivity contribution >= 4 is 62.7 Å². The normalized spacial score (nSPS) is 31.8. The van der Waals surface area contributed by atoms with Gasteiger partial charge in [-0.3, -0.25) is 37.3 Å². The molecule has 7 unspecified atom stereocenters. The Hall–Kier alpha value is -2.86. The first kappa shape index (κ1) is 39.8. The van der Waals surface area contributed by atoms with Gasteiger partial charge in [-0.1, -0.05) is 11.8 Å². The molecule has 6 rings (SSSR count). The zero-order chi connectivity index (χ0) is 38.8. The standard InChI is InChI=1S/C25H32N7O17P3S/c1-8-4-10(15-14(8)22(38)31-24(26)28-15)19-11(5-33)16(34)12(46-19)6-44-50(39,40)48-52(43,53)49-51(41,42)45-7-13-17(35)18(36)23(47-13)32-3-2-9-20(32)29-25(27)30-21(9)37/h2-3,8,11-13,16-19,23,33-36H,5-7H2,1H3,(H8-,26,27,28,29,30,31,37,38,39,40,41,42,43,53)/p-2/t8?,11?,12-,13-,16?,17+,18?,19+,23-,52?/m1/s1. The summed E-state index contributed by atoms with van der Waals surface area (Å²) < 4.78 is 55.0. The number of aliphatic hydroxyl groups excluding tert-OH is 4. The number of nitrogens with one attached hydrogen (secondary N) is 2. The number of anilines is 2. The highest BCUT2D eigenvalue weighted by Crippen LogP contribution is 2.63. The van der Waals surface area contributed by atoms with E-state index in [9.17, 15) is 53.8 Å². The summed E-state index contributed by atoms with van der Waals surface area (Å²) >= 11 is 4.41. The molecule has 24 nitrogen and oxygen atoms in total. The number of aromatic amines is 2. The van der Waals surface area contributed by atoms with Crippen molar-refractivity contribution in [3.63, 3.8) is 0 Å². The van der Waals surface area contributed by atoms with Gasteiger partial charge in [0.25, 0.3) is 26.8 Å². The van der Waals surface area contributed by atoms with Crippen LogP contribution in [0.5, 0.6) is 0 Å². The summed E-state index contributed by atoms with van der Waals surface area (Å²) in [7, 11) is -11.6. The lowest BCUT2D eigenvalue weighted by atomic mass is 9.91. The maximum atomic E-state index is 12.7. The third-order valence-electron chi connectivity index (χ3n) is 8.46. The van der Waals surface area contributed by atoms with Crippen LogP contribution in [0.25, 0.3) is 16.6 Å². The molecule has 10 N–H and O–H groups in total. The molecule has 0 radical (unpaired) electrons. The summed E-state index contributed by atoms with van der Waals surface area (Å²) in [4.78, 5) is 74.9. The summed E-state index contributed by atoms with van der Waals surface area (Å²) in [6.45, 7) is -6.69. The maximum Gasteiger partial charge on any atom is 0.280 e. The van der Waals surface area contributed by atoms with E-state index >= 15 is 0 Å². The maximum absolute atomic E-state index is 12.7. The number of H-pyrrole nitrogens is 2. The van der Waals surface area contributed by atoms with Crippen LogP contribution in [0, 0.1) is 12.0 Å². The Morgan fingerprint density at radius 1 is 0.962 bits per heavy atom. The second-order valence-corrected chi connectivity index (χ2v) is 17.8. The van der Waals surface area contributed by atoms with E-state index in [1.165, 1.54) is 12.3 Å². The average Bonchev–Trinajstić information content (AvgIpc) is 3.77. The van der Waals surface area contributed by atoms with E-state index in [-0.39, 0.29) is 39.8 Å². The van der Waals surface area contributed by atoms with Crippen molar-refractivity contribution in [2.24, 2.45) is 5.92 Å². The first-order chi connectivity index (χ1) is 24.7. The van der Waals surface area contributed by atoms with Crippen molar-refractivity contribution in [3.05, 3.63) is 50.3 Å². The minimum Gasteiger partial charge on any atom is -0.779 e. The molecule has 0 amide bonds. The van der Waals surface area contributed by atoms with Gasteiger partial charge < -0.3 is 69.7 Å². The molecule has 53 heavy (non-hydrogen) atoms. The molecular weight excluding hydrogens is 795 g/mol. The molecule has 290 valence electrons. The van der Waals surface area contributed by atoms with Gasteiger partial charge in [0.05, 0.1) is 37.4 Å². The van der Waals surface area contributed by atoms with Gasteiger partial charge in [0.2, 0.25) is 23.2 Å². The number of phosphoric acid groups is 2. The van der Waals surface area contributed by atoms with Crippen LogP contribution < -0.4 is 37.3 Å². The molecular formula is C25H30N7O17P3S-2. The van der Waals surface area contributed by atoms with E-state index in [0.717, 1.165) is 4.57 Å². The summed E-state index contributed by atoms with van der Waals surface area (Å²) in [5.74, 6) is -2.17. The van der Waals surface area contributed by atoms with E-state index in [4.69, 9.17) is 20.9 Å². The predicted octanol–water partition coefficient (Wildman–Crippen LogP) is -4.08. The third kappa shape index (κ3) is 8.10. The van der Waals surface area contributed by atoms with Gasteiger partial charge in [0.1, 0.15) is 43.2 Å². The molecule has 12 atom stereocenters. The number of hydrogen-bond acceptors (Lipinski definition) is 22. The van der Waals surface area contributed by atoms with Crippen LogP contribution in [0.2, 0.25) is 0 Å². The van der Waals surface area contributed by atoms with Gasteiger partial charge in [0, 0.05) is 12.1 Å². The second kappa shape index (κ2) is 14.7. The van der Waals surface area contributed by atoms with Gasteiger partial charge in [-0.05, 0) is 13.0 Å². The minimum absolute atomic E-state index is 0.0387. The number of phosphoric ester groups is 2. The van der Waals surface area contributed by atoms with E-state index in [1.807, 2.05) is 0 Å². The SMILES string of the molecule is CC1[C+]=C([C@@H]2O[C@H](COP(=O)([O-])OP([O-])(=S)OP(=O)([O-])OC[C@H]3O[C@@H](n4ccc5c(=O)[nH]c(N)nc54)C(O)[C@H]3O)C(O)C2CO)c2nc(N)[nH]c(=O)c21. The number of hydrogen-bond donors (Lipinski definition) is 8. The number of nitrogen functional groups attached to an aromatic ring is 2. The van der Waals surface area contributed by atoms with E-state index < -0.39 is 108 Å². The number of nitrogens with two attached hydrogens (primary N) is 2. The Kier molecular flexibility index (Phi) is 11.0. The summed E-state index contributed by atoms with van der Waals surface area (Å²) in [6, 6.07) is 1.32. The minimum atomic E-state index is -5.81. The third-order valence-corrected chi connectivity index (χ3v) is 13.8. The topological polar surface area (TPSA) is 388 Å². The number of ether oxygens (including phenoxy) is 2. The van der Waals surface area contributed by atoms with Crippen molar-refractivity contribution in [2.45, 2.75) is 55.7 Å². The molecule has 2 aliphatic heterocycles. The van der Waals surface area contributed by atoms with Crippen molar-refractivity contribution < 1.29 is 71.4 Å². The number of aromatic nitrogens is 5. The highest BCUT2D eigenvalue weighted by atomic mass is 32.5. The van der Waals surface area contributed by atoms with Gasteiger partial charge in [-0.2, -0.15) is 4.98 Å².